The van der Waals surface area contributed by atoms with Crippen molar-refractivity contribution in [2.75, 3.05) is 0 Å². The quantitative estimate of drug-likeness (QED) is 0.358. The zero-order valence-corrected chi connectivity index (χ0v) is 9.45. The number of benzene rings is 1. The van der Waals surface area contributed by atoms with Gasteiger partial charge in [-0.1, -0.05) is 12.1 Å². The van der Waals surface area contributed by atoms with Crippen LogP contribution in [0, 0.1) is 17.0 Å². The van der Waals surface area contributed by atoms with Crippen molar-refractivity contribution in [1.29, 1.82) is 5.41 Å². The molecule has 18 heavy (non-hydrogen) atoms. The van der Waals surface area contributed by atoms with Gasteiger partial charge in [0.15, 0.2) is 11.6 Å². The van der Waals surface area contributed by atoms with Crippen molar-refractivity contribution in [1.82, 2.24) is 5.43 Å². The standard InChI is InChI=1S/C8H8F2N4.C2H4O2/c9-6-3-1-2-5(7(6)10)4-13-14-8(11)12;1-2(3)4/h1-4H,(H4,11,12,14);1H3,(H,3,4)/b13-4+;. The number of nitrogens with zero attached hydrogens (tertiary/aromatic N) is 1. The van der Waals surface area contributed by atoms with Crippen LogP contribution in [0.4, 0.5) is 8.78 Å². The van der Waals surface area contributed by atoms with Gasteiger partial charge >= 0.3 is 0 Å². The van der Waals surface area contributed by atoms with Gasteiger partial charge in [-0.2, -0.15) is 5.10 Å². The SMILES string of the molecule is CC(=O)O.N=C(N)N/N=C/c1cccc(F)c1F. The minimum atomic E-state index is -0.985. The second kappa shape index (κ2) is 7.71. The zero-order chi connectivity index (χ0) is 14.1. The molecule has 0 aliphatic heterocycles. The molecule has 0 aliphatic rings. The van der Waals surface area contributed by atoms with Gasteiger partial charge < -0.3 is 10.8 Å². The van der Waals surface area contributed by atoms with E-state index in [0.717, 1.165) is 19.2 Å². The van der Waals surface area contributed by atoms with Gasteiger partial charge in [-0.05, 0) is 6.07 Å². The third kappa shape index (κ3) is 6.88. The van der Waals surface area contributed by atoms with Gasteiger partial charge in [-0.3, -0.25) is 10.2 Å². The van der Waals surface area contributed by atoms with Gasteiger partial charge in [-0.25, -0.2) is 14.2 Å². The fourth-order valence-electron chi connectivity index (χ4n) is 0.792. The maximum Gasteiger partial charge on any atom is 0.300 e. The van der Waals surface area contributed by atoms with E-state index in [-0.39, 0.29) is 11.5 Å². The Morgan fingerprint density at radius 3 is 2.61 bits per heavy atom. The van der Waals surface area contributed by atoms with E-state index in [0.29, 0.717) is 0 Å². The number of aliphatic carboxylic acids is 1. The lowest BCUT2D eigenvalue weighted by Gasteiger charge is -1.97. The first-order valence-electron chi connectivity index (χ1n) is 4.61. The van der Waals surface area contributed by atoms with Crippen molar-refractivity contribution in [2.45, 2.75) is 6.92 Å². The number of guanidine groups is 1. The molecule has 0 saturated heterocycles. The molecule has 0 aliphatic carbocycles. The first-order chi connectivity index (χ1) is 8.34. The summed E-state index contributed by atoms with van der Waals surface area (Å²) in [6.07, 6.45) is 1.04. The highest BCUT2D eigenvalue weighted by molar-refractivity contribution is 5.82. The van der Waals surface area contributed by atoms with E-state index in [4.69, 9.17) is 21.0 Å². The van der Waals surface area contributed by atoms with E-state index >= 15 is 0 Å². The molecule has 98 valence electrons. The van der Waals surface area contributed by atoms with E-state index in [1.165, 1.54) is 12.1 Å². The van der Waals surface area contributed by atoms with Crippen LogP contribution in [0.5, 0.6) is 0 Å². The van der Waals surface area contributed by atoms with Crippen molar-refractivity contribution in [3.05, 3.63) is 35.4 Å². The maximum atomic E-state index is 12.9. The number of carboxylic acids is 1. The van der Waals surface area contributed by atoms with Crippen molar-refractivity contribution in [3.63, 3.8) is 0 Å². The zero-order valence-electron chi connectivity index (χ0n) is 9.45. The van der Waals surface area contributed by atoms with Crippen molar-refractivity contribution >= 4 is 18.1 Å². The van der Waals surface area contributed by atoms with Gasteiger partial charge in [0.05, 0.1) is 6.21 Å². The second-order valence-corrected chi connectivity index (χ2v) is 2.95. The molecular formula is C10H12F2N4O2. The molecule has 0 fully saturated rings. The number of carbonyl (C=O) groups is 1. The van der Waals surface area contributed by atoms with Gasteiger partial charge in [0.2, 0.25) is 5.96 Å². The van der Waals surface area contributed by atoms with Crippen LogP contribution in [0.1, 0.15) is 12.5 Å². The summed E-state index contributed by atoms with van der Waals surface area (Å²) in [6.45, 7) is 1.08. The number of nitrogens with two attached hydrogens (primary N) is 1. The van der Waals surface area contributed by atoms with Crippen molar-refractivity contribution < 1.29 is 18.7 Å². The van der Waals surface area contributed by atoms with Crippen LogP contribution in [-0.2, 0) is 4.79 Å². The van der Waals surface area contributed by atoms with Crippen LogP contribution in [0.15, 0.2) is 23.3 Å². The second-order valence-electron chi connectivity index (χ2n) is 2.95. The molecule has 0 amide bonds. The predicted octanol–water partition coefficient (Wildman–Crippen LogP) is 0.873. The van der Waals surface area contributed by atoms with Crippen LogP contribution < -0.4 is 11.2 Å². The number of hydrogen-bond donors (Lipinski definition) is 4. The largest absolute Gasteiger partial charge is 0.481 e. The van der Waals surface area contributed by atoms with E-state index < -0.39 is 17.6 Å². The Hall–Kier alpha value is -2.51. The Morgan fingerprint density at radius 2 is 2.11 bits per heavy atom. The van der Waals surface area contributed by atoms with Crippen LogP contribution in [0.25, 0.3) is 0 Å². The van der Waals surface area contributed by atoms with E-state index in [1.807, 2.05) is 0 Å². The summed E-state index contributed by atoms with van der Waals surface area (Å²) >= 11 is 0. The normalized spacial score (nSPS) is 9.50. The highest BCUT2D eigenvalue weighted by Gasteiger charge is 2.04. The Balaban J connectivity index is 0.000000631. The van der Waals surface area contributed by atoms with E-state index in [9.17, 15) is 8.78 Å². The molecule has 0 unspecified atom stereocenters. The smallest absolute Gasteiger partial charge is 0.300 e. The summed E-state index contributed by atoms with van der Waals surface area (Å²) < 4.78 is 25.6. The number of carboxylic acid groups (broad SMARTS) is 1. The van der Waals surface area contributed by atoms with Crippen LogP contribution >= 0.6 is 0 Å². The summed E-state index contributed by atoms with van der Waals surface area (Å²) in [5, 5.41) is 17.6. The molecule has 5 N–H and O–H groups in total. The van der Waals surface area contributed by atoms with Gasteiger partial charge in [0.25, 0.3) is 5.97 Å². The van der Waals surface area contributed by atoms with Gasteiger partial charge in [0.1, 0.15) is 0 Å². The molecule has 0 spiro atoms. The molecule has 0 aromatic heterocycles. The molecule has 1 rings (SSSR count). The number of halogens is 2. The molecule has 0 saturated carbocycles. The van der Waals surface area contributed by atoms with Crippen molar-refractivity contribution in [2.24, 2.45) is 10.8 Å². The number of hydrazone groups is 1. The molecule has 6 nitrogen and oxygen atoms in total. The average molecular weight is 258 g/mol. The Kier molecular flexibility index (Phi) is 6.64. The van der Waals surface area contributed by atoms with Crippen LogP contribution in [0.3, 0.4) is 0 Å². The summed E-state index contributed by atoms with van der Waals surface area (Å²) in [5.74, 6) is -3.14. The summed E-state index contributed by atoms with van der Waals surface area (Å²) in [7, 11) is 0. The third-order valence-electron chi connectivity index (χ3n) is 1.37. The molecule has 1 aromatic carbocycles. The summed E-state index contributed by atoms with van der Waals surface area (Å²) in [5.41, 5.74) is 6.98. The molecule has 8 heteroatoms. The lowest BCUT2D eigenvalue weighted by Crippen LogP contribution is -2.25. The first-order valence-corrected chi connectivity index (χ1v) is 4.61. The lowest BCUT2D eigenvalue weighted by atomic mass is 10.2. The number of rotatable bonds is 2. The topological polar surface area (TPSA) is 112 Å². The van der Waals surface area contributed by atoms with Gasteiger partial charge in [0, 0.05) is 12.5 Å². The van der Waals surface area contributed by atoms with E-state index in [2.05, 4.69) is 10.5 Å². The van der Waals surface area contributed by atoms with Crippen LogP contribution in [0.2, 0.25) is 0 Å². The van der Waals surface area contributed by atoms with E-state index in [1.54, 1.807) is 0 Å². The summed E-state index contributed by atoms with van der Waals surface area (Å²) in [4.78, 5) is 9.00. The lowest BCUT2D eigenvalue weighted by molar-refractivity contribution is -0.134. The molecule has 0 atom stereocenters. The third-order valence-corrected chi connectivity index (χ3v) is 1.37. The minimum absolute atomic E-state index is 0.0150. The predicted molar refractivity (Wildman–Crippen MR) is 62.3 cm³/mol. The Labute approximate surface area is 102 Å². The highest BCUT2D eigenvalue weighted by atomic mass is 19.2. The molecule has 1 aromatic rings. The Morgan fingerprint density at radius 1 is 1.56 bits per heavy atom. The van der Waals surface area contributed by atoms with Crippen LogP contribution in [-0.4, -0.2) is 23.2 Å². The monoisotopic (exact) mass is 258 g/mol. The fourth-order valence-corrected chi connectivity index (χ4v) is 0.792. The summed E-state index contributed by atoms with van der Waals surface area (Å²) in [6, 6.07) is 3.71. The van der Waals surface area contributed by atoms with Crippen molar-refractivity contribution in [3.8, 4) is 0 Å². The number of nitrogens with one attached hydrogen (secondary N) is 2. The molecule has 0 radical (unpaired) electrons. The first kappa shape index (κ1) is 15.5. The highest BCUT2D eigenvalue weighted by Crippen LogP contribution is 2.08. The molecule has 0 heterocycles. The Bertz CT molecular complexity index is 459. The average Bonchev–Trinajstić information content (AvgIpc) is 2.23. The fraction of sp³-hybridized carbons (Fsp3) is 0.100. The van der Waals surface area contributed by atoms with Gasteiger partial charge in [-0.15, -0.1) is 0 Å². The molecule has 0 bridgehead atoms. The molecular weight excluding hydrogens is 246 g/mol. The minimum Gasteiger partial charge on any atom is -0.481 e. The maximum absolute atomic E-state index is 12.9. The number of hydrogen-bond acceptors (Lipinski definition) is 3.